The van der Waals surface area contributed by atoms with Crippen LogP contribution in [0.15, 0.2) is 73.1 Å². The van der Waals surface area contributed by atoms with Crippen LogP contribution in [0.5, 0.6) is 5.75 Å². The Morgan fingerprint density at radius 1 is 1.13 bits per heavy atom. The standard InChI is InChI=1S/C22H17ClF2N2O2S/c1-14-4-3-11-27(13-14)19(20(28)15-5-2-6-16(23)12-15)21(30)26-17-7-9-18(10-8-17)29-22(24)25/h2-13,22H,1H3,(H-,26,28,30)/p+1. The number of alkyl halides is 2. The van der Waals surface area contributed by atoms with Gasteiger partial charge in [0.15, 0.2) is 23.1 Å². The number of thiocarbonyl (C=S) groups is 1. The van der Waals surface area contributed by atoms with E-state index in [0.29, 0.717) is 22.0 Å². The maximum Gasteiger partial charge on any atom is 0.387 e. The number of nitrogens with one attached hydrogen (secondary N) is 1. The van der Waals surface area contributed by atoms with Crippen LogP contribution in [-0.2, 0) is 0 Å². The first-order valence-electron chi connectivity index (χ1n) is 8.87. The molecule has 8 heteroatoms. The van der Waals surface area contributed by atoms with Crippen molar-refractivity contribution in [1.29, 1.82) is 0 Å². The Kier molecular flexibility index (Phi) is 6.97. The molecule has 30 heavy (non-hydrogen) atoms. The average Bonchev–Trinajstić information content (AvgIpc) is 2.69. The third kappa shape index (κ3) is 5.52. The number of benzene rings is 2. The largest absolute Gasteiger partial charge is 0.502 e. The highest BCUT2D eigenvalue weighted by Gasteiger charge is 2.24. The van der Waals surface area contributed by atoms with E-state index in [1.807, 2.05) is 25.3 Å². The highest BCUT2D eigenvalue weighted by atomic mass is 35.5. The minimum Gasteiger partial charge on any atom is -0.502 e. The van der Waals surface area contributed by atoms with E-state index in [2.05, 4.69) is 10.1 Å². The molecule has 154 valence electrons. The molecule has 0 unspecified atom stereocenters. The molecule has 3 rings (SSSR count). The number of hydrogen-bond acceptors (Lipinski definition) is 3. The lowest BCUT2D eigenvalue weighted by Gasteiger charge is -2.11. The van der Waals surface area contributed by atoms with Gasteiger partial charge in [-0.05, 0) is 49.4 Å². The number of hydrogen-bond donors (Lipinski definition) is 2. The summed E-state index contributed by atoms with van der Waals surface area (Å²) in [5, 5.41) is 14.5. The van der Waals surface area contributed by atoms with Crippen molar-refractivity contribution in [3.63, 3.8) is 0 Å². The van der Waals surface area contributed by atoms with Crippen molar-refractivity contribution in [3.8, 4) is 5.75 Å². The summed E-state index contributed by atoms with van der Waals surface area (Å²) in [5.41, 5.74) is 2.34. The molecule has 0 radical (unpaired) electrons. The third-order valence-electron chi connectivity index (χ3n) is 4.08. The molecule has 0 aliphatic rings. The van der Waals surface area contributed by atoms with Crippen molar-refractivity contribution in [2.45, 2.75) is 13.5 Å². The molecule has 0 aliphatic heterocycles. The molecule has 2 N–H and O–H groups in total. The summed E-state index contributed by atoms with van der Waals surface area (Å²) in [5.74, 6) is -0.0321. The summed E-state index contributed by atoms with van der Waals surface area (Å²) in [6, 6.07) is 16.4. The number of aryl methyl sites for hydroxylation is 1. The molecule has 1 aromatic heterocycles. The number of aliphatic hydroxyl groups is 1. The molecular formula is C22H18ClF2N2O2S+. The van der Waals surface area contributed by atoms with E-state index in [9.17, 15) is 13.9 Å². The van der Waals surface area contributed by atoms with Gasteiger partial charge in [-0.2, -0.15) is 13.3 Å². The fraction of sp³-hybridized carbons (Fsp3) is 0.0909. The maximum absolute atomic E-state index is 12.3. The molecule has 0 aliphatic carbocycles. The van der Waals surface area contributed by atoms with Gasteiger partial charge < -0.3 is 15.2 Å². The van der Waals surface area contributed by atoms with Crippen molar-refractivity contribution in [2.75, 3.05) is 5.32 Å². The van der Waals surface area contributed by atoms with Crippen LogP contribution in [0.1, 0.15) is 11.1 Å². The molecule has 3 aromatic rings. The lowest BCUT2D eigenvalue weighted by molar-refractivity contribution is -0.576. The van der Waals surface area contributed by atoms with Crippen molar-refractivity contribution in [3.05, 3.63) is 89.2 Å². The number of rotatable bonds is 6. The second kappa shape index (κ2) is 9.65. The Bertz CT molecular complexity index is 1090. The first-order chi connectivity index (χ1) is 14.3. The molecule has 0 spiro atoms. The first-order valence-corrected chi connectivity index (χ1v) is 9.66. The Labute approximate surface area is 183 Å². The number of halogens is 3. The summed E-state index contributed by atoms with van der Waals surface area (Å²) >= 11 is 11.6. The summed E-state index contributed by atoms with van der Waals surface area (Å²) < 4.78 is 30.7. The topological polar surface area (TPSA) is 45.4 Å². The lowest BCUT2D eigenvalue weighted by Crippen LogP contribution is -2.38. The van der Waals surface area contributed by atoms with E-state index in [1.54, 1.807) is 47.2 Å². The highest BCUT2D eigenvalue weighted by molar-refractivity contribution is 7.81. The van der Waals surface area contributed by atoms with Gasteiger partial charge in [-0.15, -0.1) is 0 Å². The molecule has 4 nitrogen and oxygen atoms in total. The Morgan fingerprint density at radius 2 is 1.87 bits per heavy atom. The van der Waals surface area contributed by atoms with E-state index < -0.39 is 6.61 Å². The van der Waals surface area contributed by atoms with E-state index in [1.165, 1.54) is 12.1 Å². The van der Waals surface area contributed by atoms with Gasteiger partial charge in [0, 0.05) is 27.9 Å². The second-order valence-electron chi connectivity index (χ2n) is 6.35. The number of aromatic nitrogens is 1. The zero-order valence-corrected chi connectivity index (χ0v) is 17.4. The minimum atomic E-state index is -2.90. The summed E-state index contributed by atoms with van der Waals surface area (Å²) in [7, 11) is 0. The van der Waals surface area contributed by atoms with Crippen LogP contribution in [0.25, 0.3) is 11.5 Å². The van der Waals surface area contributed by atoms with E-state index in [0.717, 1.165) is 5.56 Å². The molecule has 1 heterocycles. The van der Waals surface area contributed by atoms with E-state index in [-0.39, 0.29) is 16.5 Å². The van der Waals surface area contributed by atoms with Crippen LogP contribution in [0.2, 0.25) is 5.02 Å². The van der Waals surface area contributed by atoms with Crippen LogP contribution in [0.3, 0.4) is 0 Å². The Morgan fingerprint density at radius 3 is 2.50 bits per heavy atom. The smallest absolute Gasteiger partial charge is 0.387 e. The van der Waals surface area contributed by atoms with Crippen molar-refractivity contribution >= 4 is 46.0 Å². The van der Waals surface area contributed by atoms with Crippen molar-refractivity contribution in [2.24, 2.45) is 0 Å². The van der Waals surface area contributed by atoms with Crippen molar-refractivity contribution in [1.82, 2.24) is 0 Å². The van der Waals surface area contributed by atoms with Crippen LogP contribution >= 0.6 is 23.8 Å². The lowest BCUT2D eigenvalue weighted by atomic mass is 10.1. The average molecular weight is 448 g/mol. The van der Waals surface area contributed by atoms with E-state index in [4.69, 9.17) is 23.8 Å². The molecule has 0 amide bonds. The summed E-state index contributed by atoms with van der Waals surface area (Å²) in [4.78, 5) is 0.227. The number of anilines is 1. The molecule has 0 saturated heterocycles. The van der Waals surface area contributed by atoms with Crippen LogP contribution in [-0.4, -0.2) is 16.7 Å². The monoisotopic (exact) mass is 447 g/mol. The summed E-state index contributed by atoms with van der Waals surface area (Å²) in [6.07, 6.45) is 3.58. The molecular weight excluding hydrogens is 430 g/mol. The first kappa shape index (κ1) is 21.7. The van der Waals surface area contributed by atoms with Gasteiger partial charge in [-0.1, -0.05) is 36.0 Å². The van der Waals surface area contributed by atoms with Crippen LogP contribution in [0.4, 0.5) is 14.5 Å². The van der Waals surface area contributed by atoms with Crippen LogP contribution in [0, 0.1) is 6.92 Å². The fourth-order valence-corrected chi connectivity index (χ4v) is 3.27. The molecule has 2 aromatic carbocycles. The van der Waals surface area contributed by atoms with Gasteiger partial charge in [0.25, 0.3) is 5.70 Å². The summed E-state index contributed by atoms with van der Waals surface area (Å²) in [6.45, 7) is -0.977. The molecule has 0 bridgehead atoms. The fourth-order valence-electron chi connectivity index (χ4n) is 2.76. The van der Waals surface area contributed by atoms with Gasteiger partial charge in [0.05, 0.1) is 0 Å². The minimum absolute atomic E-state index is 0.0343. The SMILES string of the molecule is Cc1ccc[n+](/C(C(=S)Nc2ccc(OC(F)F)cc2)=C(/O)c2cccc(Cl)c2)c1. The molecule has 0 fully saturated rings. The van der Waals surface area contributed by atoms with Gasteiger partial charge in [-0.25, -0.2) is 0 Å². The predicted octanol–water partition coefficient (Wildman–Crippen LogP) is 5.86. The van der Waals surface area contributed by atoms with Gasteiger partial charge in [-0.3, -0.25) is 0 Å². The Hall–Kier alpha value is -3.03. The second-order valence-corrected chi connectivity index (χ2v) is 7.20. The maximum atomic E-state index is 12.3. The quantitative estimate of drug-likeness (QED) is 0.215. The predicted molar refractivity (Wildman–Crippen MR) is 118 cm³/mol. The highest BCUT2D eigenvalue weighted by Crippen LogP contribution is 2.23. The number of aliphatic hydroxyl groups excluding tert-OH is 1. The molecule has 0 saturated carbocycles. The van der Waals surface area contributed by atoms with Gasteiger partial charge in [0.2, 0.25) is 0 Å². The Balaban J connectivity index is 1.98. The normalized spacial score (nSPS) is 11.8. The number of pyridine rings is 1. The number of nitrogens with zero attached hydrogens (tertiary/aromatic N) is 1. The van der Waals surface area contributed by atoms with Crippen LogP contribution < -0.4 is 14.6 Å². The zero-order chi connectivity index (χ0) is 21.7. The van der Waals surface area contributed by atoms with Gasteiger partial charge >= 0.3 is 6.61 Å². The third-order valence-corrected chi connectivity index (χ3v) is 4.61. The van der Waals surface area contributed by atoms with Gasteiger partial charge in [0.1, 0.15) is 5.75 Å². The molecule has 0 atom stereocenters. The zero-order valence-electron chi connectivity index (χ0n) is 15.9. The number of ether oxygens (including phenoxy) is 1. The van der Waals surface area contributed by atoms with Crippen molar-refractivity contribution < 1.29 is 23.2 Å². The van der Waals surface area contributed by atoms with E-state index >= 15 is 0 Å².